The molecule has 1 aromatic carbocycles. The number of carbonyl (C=O) groups is 2. The van der Waals surface area contributed by atoms with Crippen molar-refractivity contribution >= 4 is 28.6 Å². The summed E-state index contributed by atoms with van der Waals surface area (Å²) < 4.78 is 46.6. The molecule has 0 bridgehead atoms. The standard InChI is InChI=1S/C30H37F3N6O4/c1-37(17-20-10-12-38(13-11-20)29(41)42)16-19-6-8-22(9-7-19)39-18-21-14-25(26(43-2)15-24(21)36-39)35-28(40)23-4-3-5-27(34-23)30(31,32)33/h3-5,14-15,18-20,22H,6-13,16-17H2,1-2H3,(H,35,40)(H,41,42). The molecule has 3 aromatic rings. The fraction of sp³-hybridized carbons (Fsp3) is 0.533. The summed E-state index contributed by atoms with van der Waals surface area (Å²) in [5.41, 5.74) is -0.468. The van der Waals surface area contributed by atoms with Crippen LogP contribution in [0.3, 0.4) is 0 Å². The molecule has 2 N–H and O–H groups in total. The first-order valence-electron chi connectivity index (χ1n) is 14.6. The minimum Gasteiger partial charge on any atom is -0.494 e. The Kier molecular flexibility index (Phi) is 9.09. The smallest absolute Gasteiger partial charge is 0.433 e. The van der Waals surface area contributed by atoms with E-state index in [0.29, 0.717) is 41.9 Å². The molecule has 0 spiro atoms. The Balaban J connectivity index is 1.18. The second-order valence-electron chi connectivity index (χ2n) is 11.7. The molecule has 5 rings (SSSR count). The predicted octanol–water partition coefficient (Wildman–Crippen LogP) is 5.76. The maximum absolute atomic E-state index is 13.1. The fourth-order valence-corrected chi connectivity index (χ4v) is 6.29. The maximum atomic E-state index is 13.1. The molecule has 2 fully saturated rings. The van der Waals surface area contributed by atoms with Crippen molar-refractivity contribution < 1.29 is 32.6 Å². The number of benzene rings is 1. The number of rotatable bonds is 8. The number of aromatic nitrogens is 3. The largest absolute Gasteiger partial charge is 0.494 e. The van der Waals surface area contributed by atoms with E-state index >= 15 is 0 Å². The van der Waals surface area contributed by atoms with Gasteiger partial charge in [-0.2, -0.15) is 18.3 Å². The number of amides is 2. The molecule has 0 radical (unpaired) electrons. The summed E-state index contributed by atoms with van der Waals surface area (Å²) in [5, 5.41) is 17.3. The van der Waals surface area contributed by atoms with E-state index in [9.17, 15) is 22.8 Å². The monoisotopic (exact) mass is 602 g/mol. The van der Waals surface area contributed by atoms with Crippen LogP contribution in [0, 0.1) is 11.8 Å². The van der Waals surface area contributed by atoms with Crippen molar-refractivity contribution in [2.24, 2.45) is 11.8 Å². The molecular weight excluding hydrogens is 565 g/mol. The number of halogens is 3. The van der Waals surface area contributed by atoms with Crippen molar-refractivity contribution in [1.29, 1.82) is 0 Å². The molecule has 0 atom stereocenters. The molecule has 1 saturated heterocycles. The number of methoxy groups -OCH3 is 1. The third-order valence-corrected chi connectivity index (χ3v) is 8.58. The van der Waals surface area contributed by atoms with Crippen LogP contribution in [0.2, 0.25) is 0 Å². The number of nitrogens with one attached hydrogen (secondary N) is 1. The Morgan fingerprint density at radius 1 is 1.07 bits per heavy atom. The number of carbonyl (C=O) groups excluding carboxylic acids is 1. The molecule has 3 heterocycles. The minimum atomic E-state index is -4.65. The van der Waals surface area contributed by atoms with Crippen LogP contribution >= 0.6 is 0 Å². The molecule has 2 aliphatic rings. The first-order valence-corrected chi connectivity index (χ1v) is 14.6. The van der Waals surface area contributed by atoms with Gasteiger partial charge in [0.1, 0.15) is 17.1 Å². The predicted molar refractivity (Wildman–Crippen MR) is 154 cm³/mol. The molecular formula is C30H37F3N6O4. The number of piperidine rings is 1. The fourth-order valence-electron chi connectivity index (χ4n) is 6.29. The van der Waals surface area contributed by atoms with Crippen molar-refractivity contribution in [1.82, 2.24) is 24.6 Å². The number of likely N-dealkylation sites (tertiary alicyclic amines) is 1. The first-order chi connectivity index (χ1) is 20.5. The zero-order valence-electron chi connectivity index (χ0n) is 24.3. The number of ether oxygens (including phenoxy) is 1. The SMILES string of the molecule is COc1cc2nn(C3CCC(CN(C)CC4CCN(C(=O)O)CC4)CC3)cc2cc1NC(=O)c1cccc(C(F)(F)F)n1. The van der Waals surface area contributed by atoms with Crippen molar-refractivity contribution in [2.45, 2.75) is 50.7 Å². The summed E-state index contributed by atoms with van der Waals surface area (Å²) in [5.74, 6) is 0.696. The van der Waals surface area contributed by atoms with E-state index in [4.69, 9.17) is 14.9 Å². The third-order valence-electron chi connectivity index (χ3n) is 8.58. The van der Waals surface area contributed by atoms with Gasteiger partial charge in [0, 0.05) is 43.8 Å². The highest BCUT2D eigenvalue weighted by Gasteiger charge is 2.33. The Morgan fingerprint density at radius 3 is 2.37 bits per heavy atom. The highest BCUT2D eigenvalue weighted by Crippen LogP contribution is 2.36. The van der Waals surface area contributed by atoms with Crippen LogP contribution in [0.4, 0.5) is 23.7 Å². The molecule has 43 heavy (non-hydrogen) atoms. The first kappa shape index (κ1) is 30.6. The molecule has 2 aromatic heterocycles. The molecule has 232 valence electrons. The molecule has 13 heteroatoms. The molecule has 1 saturated carbocycles. The quantitative estimate of drug-likeness (QED) is 0.337. The van der Waals surface area contributed by atoms with Gasteiger partial charge < -0.3 is 25.0 Å². The third kappa shape index (κ3) is 7.38. The van der Waals surface area contributed by atoms with Gasteiger partial charge >= 0.3 is 12.3 Å². The highest BCUT2D eigenvalue weighted by molar-refractivity contribution is 6.05. The lowest BCUT2D eigenvalue weighted by molar-refractivity contribution is -0.141. The molecule has 2 amide bonds. The second kappa shape index (κ2) is 12.8. The van der Waals surface area contributed by atoms with E-state index in [2.05, 4.69) is 22.2 Å². The highest BCUT2D eigenvalue weighted by atomic mass is 19.4. The van der Waals surface area contributed by atoms with Gasteiger partial charge in [-0.05, 0) is 75.6 Å². The van der Waals surface area contributed by atoms with Gasteiger partial charge in [-0.15, -0.1) is 0 Å². The Morgan fingerprint density at radius 2 is 1.74 bits per heavy atom. The summed E-state index contributed by atoms with van der Waals surface area (Å²) in [6.45, 7) is 3.24. The maximum Gasteiger partial charge on any atom is 0.433 e. The summed E-state index contributed by atoms with van der Waals surface area (Å²) >= 11 is 0. The van der Waals surface area contributed by atoms with E-state index in [1.807, 2.05) is 10.9 Å². The summed E-state index contributed by atoms with van der Waals surface area (Å²) in [7, 11) is 3.61. The summed E-state index contributed by atoms with van der Waals surface area (Å²) in [6.07, 6.45) is 2.42. The zero-order valence-corrected chi connectivity index (χ0v) is 24.3. The van der Waals surface area contributed by atoms with Crippen LogP contribution in [0.5, 0.6) is 5.75 Å². The van der Waals surface area contributed by atoms with Crippen molar-refractivity contribution in [2.75, 3.05) is 45.7 Å². The molecule has 1 aliphatic heterocycles. The lowest BCUT2D eigenvalue weighted by atomic mass is 9.85. The number of hydrogen-bond acceptors (Lipinski definition) is 6. The van der Waals surface area contributed by atoms with Crippen LogP contribution in [-0.2, 0) is 6.18 Å². The Labute approximate surface area is 247 Å². The number of pyridine rings is 1. The lowest BCUT2D eigenvalue weighted by Crippen LogP contribution is -2.41. The molecule has 1 aliphatic carbocycles. The van der Waals surface area contributed by atoms with Crippen LogP contribution in [0.15, 0.2) is 36.5 Å². The van der Waals surface area contributed by atoms with E-state index in [-0.39, 0.29) is 11.7 Å². The number of carboxylic acid groups (broad SMARTS) is 1. The van der Waals surface area contributed by atoms with E-state index in [1.54, 1.807) is 12.1 Å². The van der Waals surface area contributed by atoms with Crippen molar-refractivity contribution in [3.63, 3.8) is 0 Å². The minimum absolute atomic E-state index is 0.243. The van der Waals surface area contributed by atoms with E-state index < -0.39 is 23.9 Å². The van der Waals surface area contributed by atoms with Crippen molar-refractivity contribution in [3.8, 4) is 5.75 Å². The Bertz CT molecular complexity index is 1450. The van der Waals surface area contributed by atoms with Gasteiger partial charge in [-0.1, -0.05) is 6.07 Å². The lowest BCUT2D eigenvalue weighted by Gasteiger charge is -2.35. The van der Waals surface area contributed by atoms with Gasteiger partial charge in [0.15, 0.2) is 0 Å². The molecule has 10 nitrogen and oxygen atoms in total. The number of anilines is 1. The van der Waals surface area contributed by atoms with Gasteiger partial charge in [0.25, 0.3) is 5.91 Å². The van der Waals surface area contributed by atoms with Crippen LogP contribution in [0.1, 0.15) is 60.7 Å². The number of nitrogens with zero attached hydrogens (tertiary/aromatic N) is 5. The number of hydrogen-bond donors (Lipinski definition) is 2. The Hall–Kier alpha value is -3.87. The zero-order chi connectivity index (χ0) is 30.7. The normalized spacial score (nSPS) is 20.0. The van der Waals surface area contributed by atoms with Gasteiger partial charge in [0.2, 0.25) is 0 Å². The van der Waals surface area contributed by atoms with Gasteiger partial charge in [0.05, 0.1) is 24.4 Å². The molecule has 0 unspecified atom stereocenters. The number of fused-ring (bicyclic) bond motifs is 1. The average Bonchev–Trinajstić information content (AvgIpc) is 3.40. The summed E-state index contributed by atoms with van der Waals surface area (Å²) in [4.78, 5) is 31.3. The van der Waals surface area contributed by atoms with E-state index in [0.717, 1.165) is 69.1 Å². The van der Waals surface area contributed by atoms with Gasteiger partial charge in [-0.3, -0.25) is 9.48 Å². The van der Waals surface area contributed by atoms with Crippen LogP contribution < -0.4 is 10.1 Å². The second-order valence-corrected chi connectivity index (χ2v) is 11.7. The summed E-state index contributed by atoms with van der Waals surface area (Å²) in [6, 6.07) is 6.86. The van der Waals surface area contributed by atoms with E-state index in [1.165, 1.54) is 18.1 Å². The number of alkyl halides is 3. The van der Waals surface area contributed by atoms with Crippen molar-refractivity contribution in [3.05, 3.63) is 47.9 Å². The van der Waals surface area contributed by atoms with Gasteiger partial charge in [-0.25, -0.2) is 9.78 Å². The topological polar surface area (TPSA) is 113 Å². The van der Waals surface area contributed by atoms with Crippen LogP contribution in [-0.4, -0.2) is 82.0 Å². The average molecular weight is 603 g/mol. The van der Waals surface area contributed by atoms with Crippen LogP contribution in [0.25, 0.3) is 10.9 Å².